The maximum absolute atomic E-state index is 7.82. The molecule has 4 rings (SSSR count). The Morgan fingerprint density at radius 1 is 0.395 bits per heavy atom. The number of ether oxygens (including phenoxy) is 4. The van der Waals surface area contributed by atoms with Gasteiger partial charge in [-0.05, 0) is 72.2 Å². The van der Waals surface area contributed by atoms with E-state index in [9.17, 15) is 0 Å². The maximum Gasteiger partial charge on any atom is 0.280 e. The second-order valence-corrected chi connectivity index (χ2v) is 14.3. The van der Waals surface area contributed by atoms with Crippen molar-refractivity contribution in [2.75, 3.05) is 28.4 Å². The van der Waals surface area contributed by atoms with Crippen molar-refractivity contribution in [3.05, 3.63) is 95.1 Å². The molecule has 5 nitrogen and oxygen atoms in total. The van der Waals surface area contributed by atoms with E-state index in [1.165, 1.54) is 22.3 Å². The van der Waals surface area contributed by atoms with Crippen molar-refractivity contribution in [3.63, 3.8) is 0 Å². The lowest BCUT2D eigenvalue weighted by molar-refractivity contribution is 0.413. The van der Waals surface area contributed by atoms with E-state index < -0.39 is 18.1 Å². The fourth-order valence-corrected chi connectivity index (χ4v) is 12.5. The summed E-state index contributed by atoms with van der Waals surface area (Å²) >= 11 is 0. The summed E-state index contributed by atoms with van der Waals surface area (Å²) in [6.07, 6.45) is 3.41. The van der Waals surface area contributed by atoms with Crippen molar-refractivity contribution in [1.29, 1.82) is 0 Å². The summed E-state index contributed by atoms with van der Waals surface area (Å²) in [6.45, 7) is 8.77. The van der Waals surface area contributed by atoms with Crippen LogP contribution in [0.2, 0.25) is 0 Å². The Bertz CT molecular complexity index is 1210. The van der Waals surface area contributed by atoms with Crippen molar-refractivity contribution in [1.82, 2.24) is 0 Å². The minimum Gasteiger partial charge on any atom is -0.497 e. The highest BCUT2D eigenvalue weighted by Gasteiger charge is 2.38. The summed E-state index contributed by atoms with van der Waals surface area (Å²) in [4.78, 5) is 0. The molecule has 0 N–H and O–H groups in total. The van der Waals surface area contributed by atoms with E-state index in [0.29, 0.717) is 0 Å². The first kappa shape index (κ1) is 32.4. The summed E-state index contributed by atoms with van der Waals surface area (Å²) in [5.41, 5.74) is 4.87. The van der Waals surface area contributed by atoms with Crippen LogP contribution in [0.25, 0.3) is 0 Å². The molecule has 0 aliphatic heterocycles. The third-order valence-electron chi connectivity index (χ3n) is 7.97. The molecule has 43 heavy (non-hydrogen) atoms. The van der Waals surface area contributed by atoms with Gasteiger partial charge in [-0.15, -0.1) is 0 Å². The second-order valence-electron chi connectivity index (χ2n) is 10.2. The largest absolute Gasteiger partial charge is 0.497 e. The van der Waals surface area contributed by atoms with Crippen LogP contribution in [0.15, 0.2) is 72.8 Å². The average molecular weight is 613 g/mol. The van der Waals surface area contributed by atoms with E-state index >= 15 is 0 Å². The van der Waals surface area contributed by atoms with Crippen LogP contribution >= 0.6 is 0 Å². The van der Waals surface area contributed by atoms with E-state index in [2.05, 4.69) is 100 Å². The summed E-state index contributed by atoms with van der Waals surface area (Å²) in [5.74, 6) is 3.37. The molecule has 226 valence electrons. The van der Waals surface area contributed by atoms with Gasteiger partial charge in [0.05, 0.1) is 28.4 Å². The predicted octanol–water partition coefficient (Wildman–Crippen LogP) is 4.90. The van der Waals surface area contributed by atoms with Crippen LogP contribution in [0.4, 0.5) is 0 Å². The van der Waals surface area contributed by atoms with E-state index in [1.807, 2.05) is 0 Å². The molecular weight excluding hydrogens is 569 g/mol. The third kappa shape index (κ3) is 6.54. The lowest BCUT2D eigenvalue weighted by atomic mass is 10.1. The molecule has 0 fully saturated rings. The zero-order chi connectivity index (χ0) is 30.9. The van der Waals surface area contributed by atoms with Gasteiger partial charge < -0.3 is 23.1 Å². The molecular formula is C36H44O5Si2. The topological polar surface area (TPSA) is 46.2 Å². The molecule has 0 saturated heterocycles. The van der Waals surface area contributed by atoms with E-state index in [-0.39, 0.29) is 0 Å². The van der Waals surface area contributed by atoms with Gasteiger partial charge in [-0.2, -0.15) is 0 Å². The van der Waals surface area contributed by atoms with Crippen LogP contribution in [0.5, 0.6) is 23.0 Å². The molecule has 0 aliphatic rings. The molecule has 0 amide bonds. The Hall–Kier alpha value is -3.53. The molecule has 0 spiro atoms. The van der Waals surface area contributed by atoms with Gasteiger partial charge in [0.25, 0.3) is 18.1 Å². The smallest absolute Gasteiger partial charge is 0.280 e. The molecule has 0 aliphatic carbocycles. The first-order chi connectivity index (χ1) is 21.0. The number of rotatable bonds is 14. The Labute approximate surface area is 261 Å². The number of hydrogen-bond donors (Lipinski definition) is 0. The lowest BCUT2D eigenvalue weighted by Gasteiger charge is -2.31. The second kappa shape index (κ2) is 15.3. The molecule has 0 aromatic heterocycles. The third-order valence-corrected chi connectivity index (χ3v) is 13.7. The molecule has 0 saturated carbocycles. The predicted molar refractivity (Wildman–Crippen MR) is 181 cm³/mol. The fraction of sp³-hybridized carbons (Fsp3) is 0.333. The highest BCUT2D eigenvalue weighted by Crippen LogP contribution is 2.23. The summed E-state index contributed by atoms with van der Waals surface area (Å²) in [5, 5.41) is 4.50. The van der Waals surface area contributed by atoms with E-state index in [1.54, 1.807) is 28.4 Å². The van der Waals surface area contributed by atoms with Crippen molar-refractivity contribution < 1.29 is 23.1 Å². The minimum absolute atomic E-state index is 0.842. The maximum atomic E-state index is 7.82. The molecule has 0 heterocycles. The normalized spacial score (nSPS) is 11.2. The Kier molecular flexibility index (Phi) is 11.5. The van der Waals surface area contributed by atoms with Gasteiger partial charge in [-0.1, -0.05) is 76.2 Å². The Morgan fingerprint density at radius 2 is 0.628 bits per heavy atom. The van der Waals surface area contributed by atoms with Crippen molar-refractivity contribution >= 4 is 38.8 Å². The van der Waals surface area contributed by atoms with Gasteiger partial charge in [-0.25, -0.2) is 0 Å². The number of methoxy groups -OCH3 is 4. The van der Waals surface area contributed by atoms with Crippen LogP contribution in [0.1, 0.15) is 49.9 Å². The van der Waals surface area contributed by atoms with E-state index in [0.717, 1.165) is 69.4 Å². The SMILES string of the molecule is CCc1cccc(OC)c1[Si](O[Si](c1c(CC)cccc1OC)c1c(CC)cccc1OC)c1c(CC)cccc1OC. The first-order valence-electron chi connectivity index (χ1n) is 15.1. The molecule has 0 bridgehead atoms. The van der Waals surface area contributed by atoms with Crippen LogP contribution in [0.3, 0.4) is 0 Å². The summed E-state index contributed by atoms with van der Waals surface area (Å²) in [6, 6.07) is 25.3. The lowest BCUT2D eigenvalue weighted by Crippen LogP contribution is -2.59. The fourth-order valence-electron chi connectivity index (χ4n) is 5.75. The van der Waals surface area contributed by atoms with Gasteiger partial charge in [-0.3, -0.25) is 0 Å². The molecule has 0 atom stereocenters. The van der Waals surface area contributed by atoms with Crippen LogP contribution in [-0.4, -0.2) is 46.5 Å². The van der Waals surface area contributed by atoms with Gasteiger partial charge in [0, 0.05) is 20.7 Å². The highest BCUT2D eigenvalue weighted by molar-refractivity contribution is 6.93. The zero-order valence-corrected chi connectivity index (χ0v) is 28.8. The molecule has 0 unspecified atom stereocenters. The van der Waals surface area contributed by atoms with Gasteiger partial charge in [0.1, 0.15) is 23.0 Å². The Morgan fingerprint density at radius 3 is 0.814 bits per heavy atom. The van der Waals surface area contributed by atoms with Crippen molar-refractivity contribution in [2.24, 2.45) is 0 Å². The molecule has 4 aromatic carbocycles. The number of aryl methyl sites for hydroxylation is 4. The number of benzene rings is 4. The highest BCUT2D eigenvalue weighted by atomic mass is 28.4. The quantitative estimate of drug-likeness (QED) is 0.190. The number of hydrogen-bond acceptors (Lipinski definition) is 5. The van der Waals surface area contributed by atoms with Gasteiger partial charge in [0.2, 0.25) is 0 Å². The average Bonchev–Trinajstić information content (AvgIpc) is 3.07. The van der Waals surface area contributed by atoms with Gasteiger partial charge >= 0.3 is 0 Å². The minimum atomic E-state index is -1.97. The summed E-state index contributed by atoms with van der Waals surface area (Å²) in [7, 11) is 3.04. The standard InChI is InChI=1S/C36H44O5Si2/c1-9-25-17-13-21-29(37-5)33(25)42(34-26(10-2)18-14-22-30(34)38-6)41-43(35-27(11-3)19-15-23-31(35)39-7)36-28(12-4)20-16-24-32(36)40-8/h13-24H,9-12H2,1-8H3. The van der Waals surface area contributed by atoms with Crippen molar-refractivity contribution in [3.8, 4) is 23.0 Å². The zero-order valence-electron chi connectivity index (χ0n) is 26.8. The summed E-state index contributed by atoms with van der Waals surface area (Å²) < 4.78 is 32.1. The molecule has 4 aromatic rings. The van der Waals surface area contributed by atoms with Crippen LogP contribution in [-0.2, 0) is 29.8 Å². The van der Waals surface area contributed by atoms with E-state index in [4.69, 9.17) is 23.1 Å². The molecule has 2 radical (unpaired) electrons. The van der Waals surface area contributed by atoms with Crippen LogP contribution in [0, 0.1) is 0 Å². The first-order valence-corrected chi connectivity index (χ1v) is 17.9. The Balaban J connectivity index is 2.15. The van der Waals surface area contributed by atoms with Crippen molar-refractivity contribution in [2.45, 2.75) is 53.4 Å². The van der Waals surface area contributed by atoms with Crippen LogP contribution < -0.4 is 39.7 Å². The monoisotopic (exact) mass is 612 g/mol. The van der Waals surface area contributed by atoms with Gasteiger partial charge in [0.15, 0.2) is 0 Å². The molecule has 7 heteroatoms.